The fourth-order valence-corrected chi connectivity index (χ4v) is 5.00. The molecule has 1 saturated carbocycles. The zero-order valence-electron chi connectivity index (χ0n) is 16.8. The smallest absolute Gasteiger partial charge is 0.261 e. The fraction of sp³-hybridized carbons (Fsp3) is 0.409. The summed E-state index contributed by atoms with van der Waals surface area (Å²) in [5, 5.41) is 3.09. The largest absolute Gasteiger partial charge is 0.348 e. The van der Waals surface area contributed by atoms with Gasteiger partial charge in [0.15, 0.2) is 0 Å². The molecular weight excluding hydrogens is 386 g/mol. The van der Waals surface area contributed by atoms with Crippen LogP contribution in [0.15, 0.2) is 47.4 Å². The van der Waals surface area contributed by atoms with Gasteiger partial charge in [0.1, 0.15) is 0 Å². The number of likely N-dealkylation sites (tertiary alicyclic amines) is 1. The van der Waals surface area contributed by atoms with E-state index < -0.39 is 10.0 Å². The molecule has 1 atom stereocenters. The Labute approximate surface area is 172 Å². The third-order valence-electron chi connectivity index (χ3n) is 5.77. The van der Waals surface area contributed by atoms with Gasteiger partial charge in [-0.25, -0.2) is 8.42 Å². The van der Waals surface area contributed by atoms with Crippen LogP contribution >= 0.6 is 0 Å². The second-order valence-electron chi connectivity index (χ2n) is 8.08. The van der Waals surface area contributed by atoms with E-state index in [9.17, 15) is 13.2 Å². The number of carbonyl (C=O) groups is 1. The number of sulfonamides is 1. The minimum absolute atomic E-state index is 0.0857. The maximum absolute atomic E-state index is 12.9. The fourth-order valence-electron chi connectivity index (χ4n) is 3.84. The molecule has 2 aromatic rings. The molecule has 1 aliphatic carbocycles. The molecule has 2 aliphatic rings. The maximum atomic E-state index is 12.9. The van der Waals surface area contributed by atoms with Crippen LogP contribution in [-0.2, 0) is 10.0 Å². The number of hydrogen-bond donors (Lipinski definition) is 2. The first-order valence-corrected chi connectivity index (χ1v) is 11.6. The van der Waals surface area contributed by atoms with Gasteiger partial charge in [0, 0.05) is 30.7 Å². The molecule has 1 unspecified atom stereocenters. The Kier molecular flexibility index (Phi) is 5.36. The van der Waals surface area contributed by atoms with E-state index in [1.165, 1.54) is 25.0 Å². The van der Waals surface area contributed by atoms with Crippen LogP contribution in [-0.4, -0.2) is 44.4 Å². The van der Waals surface area contributed by atoms with E-state index in [-0.39, 0.29) is 16.8 Å². The lowest BCUT2D eigenvalue weighted by Gasteiger charge is -2.17. The SMILES string of the molecule is Cc1ccccc1NS(=O)(=O)c1ccc(C)c(C(=O)NC2CCN(C3CC3)C2)c1. The van der Waals surface area contributed by atoms with Crippen LogP contribution in [0.3, 0.4) is 0 Å². The third-order valence-corrected chi connectivity index (χ3v) is 7.13. The molecule has 0 spiro atoms. The highest BCUT2D eigenvalue weighted by atomic mass is 32.2. The van der Waals surface area contributed by atoms with Crippen molar-refractivity contribution >= 4 is 21.6 Å². The number of carbonyl (C=O) groups excluding carboxylic acids is 1. The van der Waals surface area contributed by atoms with E-state index in [2.05, 4.69) is 14.9 Å². The van der Waals surface area contributed by atoms with Gasteiger partial charge < -0.3 is 5.32 Å². The zero-order valence-corrected chi connectivity index (χ0v) is 17.6. The predicted molar refractivity (Wildman–Crippen MR) is 114 cm³/mol. The van der Waals surface area contributed by atoms with E-state index in [0.29, 0.717) is 17.3 Å². The highest BCUT2D eigenvalue weighted by Crippen LogP contribution is 2.30. The highest BCUT2D eigenvalue weighted by molar-refractivity contribution is 7.92. The number of para-hydroxylation sites is 1. The molecule has 2 fully saturated rings. The lowest BCUT2D eigenvalue weighted by molar-refractivity contribution is 0.0936. The Balaban J connectivity index is 1.50. The molecule has 7 heteroatoms. The number of hydrogen-bond acceptors (Lipinski definition) is 4. The van der Waals surface area contributed by atoms with Gasteiger partial charge in [-0.2, -0.15) is 0 Å². The Morgan fingerprint density at radius 3 is 2.52 bits per heavy atom. The molecule has 0 radical (unpaired) electrons. The van der Waals surface area contributed by atoms with Crippen molar-refractivity contribution in [2.24, 2.45) is 0 Å². The number of aryl methyl sites for hydroxylation is 2. The van der Waals surface area contributed by atoms with Gasteiger partial charge in [0.2, 0.25) is 0 Å². The summed E-state index contributed by atoms with van der Waals surface area (Å²) in [5.74, 6) is -0.210. The molecule has 154 valence electrons. The Hall–Kier alpha value is -2.38. The number of nitrogens with zero attached hydrogens (tertiary/aromatic N) is 1. The molecule has 0 bridgehead atoms. The summed E-state index contributed by atoms with van der Waals surface area (Å²) >= 11 is 0. The van der Waals surface area contributed by atoms with E-state index >= 15 is 0 Å². The summed E-state index contributed by atoms with van der Waals surface area (Å²) in [6, 6.07) is 12.7. The topological polar surface area (TPSA) is 78.5 Å². The number of benzene rings is 2. The van der Waals surface area contributed by atoms with Crippen LogP contribution in [0.5, 0.6) is 0 Å². The molecule has 0 aromatic heterocycles. The van der Waals surface area contributed by atoms with Crippen LogP contribution in [0, 0.1) is 13.8 Å². The van der Waals surface area contributed by atoms with Crippen LogP contribution in [0.25, 0.3) is 0 Å². The van der Waals surface area contributed by atoms with Crippen molar-refractivity contribution in [3.63, 3.8) is 0 Å². The standard InChI is InChI=1S/C22H27N3O3S/c1-15-7-10-19(29(27,28)24-21-6-4-3-5-16(21)2)13-20(15)22(26)23-17-11-12-25(14-17)18-8-9-18/h3-7,10,13,17-18,24H,8-9,11-12,14H2,1-2H3,(H,23,26). The molecular formula is C22H27N3O3S. The molecule has 1 aliphatic heterocycles. The molecule has 29 heavy (non-hydrogen) atoms. The first-order chi connectivity index (χ1) is 13.8. The number of amides is 1. The molecule has 4 rings (SSSR count). The molecule has 1 amide bonds. The van der Waals surface area contributed by atoms with Crippen LogP contribution in [0.1, 0.15) is 40.7 Å². The Bertz CT molecular complexity index is 1030. The van der Waals surface area contributed by atoms with Gasteiger partial charge in [-0.05, 0) is 62.4 Å². The summed E-state index contributed by atoms with van der Waals surface area (Å²) in [6.45, 7) is 5.56. The predicted octanol–water partition coefficient (Wildman–Crippen LogP) is 3.07. The van der Waals surface area contributed by atoms with Crippen LogP contribution < -0.4 is 10.0 Å². The van der Waals surface area contributed by atoms with Crippen LogP contribution in [0.2, 0.25) is 0 Å². The van der Waals surface area contributed by atoms with Crippen molar-refractivity contribution in [2.45, 2.75) is 50.1 Å². The number of rotatable bonds is 6. The maximum Gasteiger partial charge on any atom is 0.261 e. The van der Waals surface area contributed by atoms with Gasteiger partial charge in [-0.3, -0.25) is 14.4 Å². The van der Waals surface area contributed by atoms with Crippen molar-refractivity contribution in [3.05, 3.63) is 59.2 Å². The molecule has 1 heterocycles. The second kappa shape index (κ2) is 7.80. The second-order valence-corrected chi connectivity index (χ2v) is 9.76. The lowest BCUT2D eigenvalue weighted by Crippen LogP contribution is -2.37. The van der Waals surface area contributed by atoms with E-state index in [1.807, 2.05) is 26.0 Å². The summed E-state index contributed by atoms with van der Waals surface area (Å²) < 4.78 is 28.3. The first kappa shape index (κ1) is 19.9. The van der Waals surface area contributed by atoms with Crippen molar-refractivity contribution in [2.75, 3.05) is 17.8 Å². The summed E-state index contributed by atoms with van der Waals surface area (Å²) in [5.41, 5.74) is 2.53. The van der Waals surface area contributed by atoms with Crippen molar-refractivity contribution in [1.82, 2.24) is 10.2 Å². The van der Waals surface area contributed by atoms with Crippen molar-refractivity contribution < 1.29 is 13.2 Å². The first-order valence-electron chi connectivity index (χ1n) is 10.1. The Morgan fingerprint density at radius 2 is 1.79 bits per heavy atom. The van der Waals surface area contributed by atoms with Crippen LogP contribution in [0.4, 0.5) is 5.69 Å². The van der Waals surface area contributed by atoms with Gasteiger partial charge >= 0.3 is 0 Å². The number of nitrogens with one attached hydrogen (secondary N) is 2. The monoisotopic (exact) mass is 413 g/mol. The third kappa shape index (κ3) is 4.46. The van der Waals surface area contributed by atoms with Crippen molar-refractivity contribution in [1.29, 1.82) is 0 Å². The average molecular weight is 414 g/mol. The van der Waals surface area contributed by atoms with E-state index in [1.54, 1.807) is 18.2 Å². The van der Waals surface area contributed by atoms with Gasteiger partial charge in [0.25, 0.3) is 15.9 Å². The summed E-state index contributed by atoms with van der Waals surface area (Å²) in [4.78, 5) is 15.4. The summed E-state index contributed by atoms with van der Waals surface area (Å²) in [6.07, 6.45) is 3.45. The minimum Gasteiger partial charge on any atom is -0.348 e. The molecule has 2 aromatic carbocycles. The quantitative estimate of drug-likeness (QED) is 0.763. The zero-order chi connectivity index (χ0) is 20.6. The molecule has 1 saturated heterocycles. The van der Waals surface area contributed by atoms with Gasteiger partial charge in [-0.1, -0.05) is 24.3 Å². The molecule has 6 nitrogen and oxygen atoms in total. The normalized spacial score (nSPS) is 19.9. The average Bonchev–Trinajstić information content (AvgIpc) is 3.43. The van der Waals surface area contributed by atoms with Gasteiger partial charge in [0.05, 0.1) is 10.6 Å². The number of anilines is 1. The van der Waals surface area contributed by atoms with Gasteiger partial charge in [-0.15, -0.1) is 0 Å². The van der Waals surface area contributed by atoms with E-state index in [0.717, 1.165) is 30.6 Å². The minimum atomic E-state index is -3.79. The highest BCUT2D eigenvalue weighted by Gasteiger charge is 2.35. The van der Waals surface area contributed by atoms with Crippen molar-refractivity contribution in [3.8, 4) is 0 Å². The molecule has 2 N–H and O–H groups in total. The van der Waals surface area contributed by atoms with E-state index in [4.69, 9.17) is 0 Å². The summed E-state index contributed by atoms with van der Waals surface area (Å²) in [7, 11) is -3.79. The Morgan fingerprint density at radius 1 is 1.03 bits per heavy atom. The lowest BCUT2D eigenvalue weighted by atomic mass is 10.1.